The molecule has 404 valence electrons. The summed E-state index contributed by atoms with van der Waals surface area (Å²) in [6.45, 7) is 3.79. The van der Waals surface area contributed by atoms with E-state index in [1.54, 1.807) is 0 Å². The first-order chi connectivity index (χ1) is 33.3. The molecule has 0 spiro atoms. The number of nitrogens with two attached hydrogens (primary N) is 1. The zero-order valence-electron chi connectivity index (χ0n) is 45.1. The number of hydrogen-bond donors (Lipinski definition) is 2. The molecule has 0 aromatic carbocycles. The average molecular weight is 985 g/mol. The lowest BCUT2D eigenvalue weighted by atomic mass is 10.0. The van der Waals surface area contributed by atoms with Crippen molar-refractivity contribution in [2.75, 3.05) is 26.4 Å². The van der Waals surface area contributed by atoms with Gasteiger partial charge in [0.2, 0.25) is 0 Å². The molecule has 0 radical (unpaired) electrons. The first-order valence-corrected chi connectivity index (χ1v) is 31.2. The van der Waals surface area contributed by atoms with Gasteiger partial charge in [-0.3, -0.25) is 18.6 Å². The van der Waals surface area contributed by atoms with Crippen LogP contribution in [0, 0.1) is 0 Å². The van der Waals surface area contributed by atoms with Gasteiger partial charge in [0.1, 0.15) is 6.61 Å². The van der Waals surface area contributed by atoms with Crippen molar-refractivity contribution in [1.82, 2.24) is 0 Å². The largest absolute Gasteiger partial charge is 0.472 e. The molecule has 0 aliphatic rings. The monoisotopic (exact) mass is 984 g/mol. The van der Waals surface area contributed by atoms with Gasteiger partial charge in [-0.15, -0.1) is 0 Å². The molecule has 0 aromatic heterocycles. The summed E-state index contributed by atoms with van der Waals surface area (Å²) in [7, 11) is -4.38. The number of ether oxygens (including phenoxy) is 2. The van der Waals surface area contributed by atoms with Gasteiger partial charge < -0.3 is 20.1 Å². The SMILES string of the molecule is CCCCCCCCC/C=C\CCCCCCCC(=O)OC(COC(=O)CCCCCCCCCCCCCCCCCCCCCCCCCCCCCCCCC)COP(=O)(O)OCCN. The molecule has 0 amide bonds. The Morgan fingerprint density at radius 1 is 0.426 bits per heavy atom. The van der Waals surface area contributed by atoms with Crippen molar-refractivity contribution in [1.29, 1.82) is 0 Å². The van der Waals surface area contributed by atoms with E-state index in [-0.39, 0.29) is 38.6 Å². The van der Waals surface area contributed by atoms with E-state index in [9.17, 15) is 19.0 Å². The zero-order valence-corrected chi connectivity index (χ0v) is 46.0. The van der Waals surface area contributed by atoms with Crippen molar-refractivity contribution in [2.24, 2.45) is 5.73 Å². The van der Waals surface area contributed by atoms with E-state index in [0.717, 1.165) is 51.4 Å². The van der Waals surface area contributed by atoms with Gasteiger partial charge in [0, 0.05) is 19.4 Å². The molecule has 3 N–H and O–H groups in total. The van der Waals surface area contributed by atoms with Gasteiger partial charge in [0.25, 0.3) is 0 Å². The van der Waals surface area contributed by atoms with E-state index in [0.29, 0.717) is 6.42 Å². The minimum Gasteiger partial charge on any atom is -0.462 e. The summed E-state index contributed by atoms with van der Waals surface area (Å²) in [5.74, 6) is -0.819. The number of phosphoric ester groups is 1. The predicted octanol–water partition coefficient (Wildman–Crippen LogP) is 18.5. The number of hydrogen-bond acceptors (Lipinski definition) is 8. The molecular weight excluding hydrogens is 870 g/mol. The summed E-state index contributed by atoms with van der Waals surface area (Å²) < 4.78 is 33.0. The van der Waals surface area contributed by atoms with Crippen LogP contribution in [0.1, 0.15) is 316 Å². The molecule has 10 heteroatoms. The van der Waals surface area contributed by atoms with Gasteiger partial charge in [0.05, 0.1) is 13.2 Å². The quantitative estimate of drug-likeness (QED) is 0.0264. The predicted molar refractivity (Wildman–Crippen MR) is 289 cm³/mol. The van der Waals surface area contributed by atoms with Crippen LogP contribution in [0.4, 0.5) is 0 Å². The molecule has 0 aliphatic heterocycles. The van der Waals surface area contributed by atoms with Crippen molar-refractivity contribution >= 4 is 19.8 Å². The maximum Gasteiger partial charge on any atom is 0.472 e. The highest BCUT2D eigenvalue weighted by molar-refractivity contribution is 7.47. The fourth-order valence-corrected chi connectivity index (χ4v) is 9.75. The van der Waals surface area contributed by atoms with E-state index >= 15 is 0 Å². The average Bonchev–Trinajstić information content (AvgIpc) is 3.33. The molecule has 0 saturated heterocycles. The molecule has 2 unspecified atom stereocenters. The maximum absolute atomic E-state index is 12.7. The zero-order chi connectivity index (χ0) is 49.5. The number of carbonyl (C=O) groups excluding carboxylic acids is 2. The Labute approximate surface area is 421 Å². The van der Waals surface area contributed by atoms with Crippen LogP contribution in [-0.4, -0.2) is 49.3 Å². The molecule has 0 aromatic rings. The Morgan fingerprint density at radius 2 is 0.721 bits per heavy atom. The fourth-order valence-electron chi connectivity index (χ4n) is 8.99. The molecule has 0 saturated carbocycles. The first-order valence-electron chi connectivity index (χ1n) is 29.7. The minimum absolute atomic E-state index is 0.0552. The topological polar surface area (TPSA) is 134 Å². The van der Waals surface area contributed by atoms with Crippen LogP contribution < -0.4 is 5.73 Å². The van der Waals surface area contributed by atoms with Crippen LogP contribution in [0.3, 0.4) is 0 Å². The highest BCUT2D eigenvalue weighted by atomic mass is 31.2. The van der Waals surface area contributed by atoms with E-state index in [4.69, 9.17) is 24.3 Å². The lowest BCUT2D eigenvalue weighted by Crippen LogP contribution is -2.29. The van der Waals surface area contributed by atoms with Crippen LogP contribution in [-0.2, 0) is 32.7 Å². The van der Waals surface area contributed by atoms with Gasteiger partial charge in [-0.25, -0.2) is 4.57 Å². The third-order valence-corrected chi connectivity index (χ3v) is 14.4. The number of esters is 2. The Kier molecular flexibility index (Phi) is 54.1. The Morgan fingerprint density at radius 3 is 1.04 bits per heavy atom. The minimum atomic E-state index is -4.38. The number of unbranched alkanes of at least 4 members (excludes halogenated alkanes) is 42. The maximum atomic E-state index is 12.7. The fraction of sp³-hybridized carbons (Fsp3) is 0.931. The smallest absolute Gasteiger partial charge is 0.462 e. The second-order valence-electron chi connectivity index (χ2n) is 20.2. The first kappa shape index (κ1) is 66.8. The number of carbonyl (C=O) groups is 2. The Hall–Kier alpha value is -1.25. The summed E-state index contributed by atoms with van der Waals surface area (Å²) in [5.41, 5.74) is 5.38. The molecular formula is C58H114NO8P. The summed E-state index contributed by atoms with van der Waals surface area (Å²) >= 11 is 0. The number of rotatable bonds is 57. The molecule has 0 aliphatic carbocycles. The number of phosphoric acid groups is 1. The molecule has 0 fully saturated rings. The van der Waals surface area contributed by atoms with Crippen molar-refractivity contribution in [3.8, 4) is 0 Å². The van der Waals surface area contributed by atoms with E-state index < -0.39 is 26.5 Å². The van der Waals surface area contributed by atoms with E-state index in [2.05, 4.69) is 26.0 Å². The van der Waals surface area contributed by atoms with Gasteiger partial charge in [0.15, 0.2) is 6.10 Å². The van der Waals surface area contributed by atoms with Crippen molar-refractivity contribution in [2.45, 2.75) is 322 Å². The standard InChI is InChI=1S/C58H114NO8P/c1-3-5-7-9-11-13-15-17-19-21-22-23-24-25-26-27-28-29-30-31-32-33-34-35-37-38-40-42-44-46-48-50-57(60)64-54-56(55-66-68(62,63)65-53-52-59)67-58(61)51-49-47-45-43-41-39-36-20-18-16-14-12-10-8-6-4-2/h20,36,56H,3-19,21-35,37-55,59H2,1-2H3,(H,62,63)/b36-20-. The van der Waals surface area contributed by atoms with E-state index in [1.165, 1.54) is 231 Å². The highest BCUT2D eigenvalue weighted by Crippen LogP contribution is 2.43. The Balaban J connectivity index is 3.83. The van der Waals surface area contributed by atoms with Crippen LogP contribution in [0.15, 0.2) is 12.2 Å². The van der Waals surface area contributed by atoms with Crippen molar-refractivity contribution < 1.29 is 37.6 Å². The molecule has 9 nitrogen and oxygen atoms in total. The molecule has 0 bridgehead atoms. The van der Waals surface area contributed by atoms with Gasteiger partial charge in [-0.1, -0.05) is 276 Å². The molecule has 68 heavy (non-hydrogen) atoms. The second kappa shape index (κ2) is 55.1. The van der Waals surface area contributed by atoms with Crippen LogP contribution in [0.5, 0.6) is 0 Å². The van der Waals surface area contributed by atoms with Gasteiger partial charge in [-0.2, -0.15) is 0 Å². The third-order valence-electron chi connectivity index (χ3n) is 13.4. The van der Waals surface area contributed by atoms with Gasteiger partial charge >= 0.3 is 19.8 Å². The normalized spacial score (nSPS) is 13.1. The van der Waals surface area contributed by atoms with Gasteiger partial charge in [-0.05, 0) is 38.5 Å². The lowest BCUT2D eigenvalue weighted by molar-refractivity contribution is -0.161. The van der Waals surface area contributed by atoms with Crippen molar-refractivity contribution in [3.05, 3.63) is 12.2 Å². The van der Waals surface area contributed by atoms with E-state index in [1.807, 2.05) is 0 Å². The summed E-state index contributed by atoms with van der Waals surface area (Å²) in [4.78, 5) is 35.1. The highest BCUT2D eigenvalue weighted by Gasteiger charge is 2.26. The molecule has 2 atom stereocenters. The molecule has 0 heterocycles. The van der Waals surface area contributed by atoms with Crippen molar-refractivity contribution in [3.63, 3.8) is 0 Å². The third kappa shape index (κ3) is 54.1. The second-order valence-corrected chi connectivity index (χ2v) is 21.7. The van der Waals surface area contributed by atoms with Crippen LogP contribution >= 0.6 is 7.82 Å². The summed E-state index contributed by atoms with van der Waals surface area (Å²) in [6.07, 6.45) is 62.9. The lowest BCUT2D eigenvalue weighted by Gasteiger charge is -2.19. The van der Waals surface area contributed by atoms with Crippen LogP contribution in [0.25, 0.3) is 0 Å². The summed E-state index contributed by atoms with van der Waals surface area (Å²) in [6, 6.07) is 0. The van der Waals surface area contributed by atoms with Crippen LogP contribution in [0.2, 0.25) is 0 Å². The summed E-state index contributed by atoms with van der Waals surface area (Å²) in [5, 5.41) is 0. The molecule has 0 rings (SSSR count). The Bertz CT molecular complexity index is 1120. The number of allylic oxidation sites excluding steroid dienone is 2.